The maximum absolute atomic E-state index is 13.3. The lowest BCUT2D eigenvalue weighted by atomic mass is 9.85. The van der Waals surface area contributed by atoms with Crippen LogP contribution < -0.4 is 34.2 Å². The Morgan fingerprint density at radius 1 is 1.00 bits per heavy atom. The standard InChI is InChI=1S/C26H32N2O8/c1-6-31-23-17-16(18(27)24(32-7-2)25(23)33-8-3)26(29)36-21(17)19-15-13(9-10-28(19)4)11-14-20(22(15)30-5)35-12-34-14/h11,19,21H,6-10,12,27H2,1-5H3/t19?,21-/m1/s1. The Labute approximate surface area is 210 Å². The Hall–Kier alpha value is -3.53. The number of benzene rings is 2. The van der Waals surface area contributed by atoms with E-state index in [1.165, 1.54) is 0 Å². The number of carbonyl (C=O) groups is 1. The number of ether oxygens (including phenoxy) is 7. The summed E-state index contributed by atoms with van der Waals surface area (Å²) in [4.78, 5) is 15.5. The molecule has 194 valence electrons. The molecule has 0 fully saturated rings. The molecule has 0 bridgehead atoms. The number of likely N-dealkylation sites (N-methyl/N-ethyl adjacent to an activating group) is 1. The fourth-order valence-corrected chi connectivity index (χ4v) is 5.37. The second-order valence-corrected chi connectivity index (χ2v) is 8.71. The number of anilines is 1. The van der Waals surface area contributed by atoms with Crippen molar-refractivity contribution in [2.24, 2.45) is 0 Å². The molecule has 0 aromatic heterocycles. The van der Waals surface area contributed by atoms with Crippen molar-refractivity contribution in [1.82, 2.24) is 4.90 Å². The van der Waals surface area contributed by atoms with E-state index in [0.717, 1.165) is 24.1 Å². The number of methoxy groups -OCH3 is 1. The molecule has 2 atom stereocenters. The highest BCUT2D eigenvalue weighted by Crippen LogP contribution is 2.59. The first-order valence-electron chi connectivity index (χ1n) is 12.2. The van der Waals surface area contributed by atoms with Crippen molar-refractivity contribution in [2.45, 2.75) is 39.3 Å². The Bertz CT molecular complexity index is 1200. The second kappa shape index (κ2) is 9.50. The van der Waals surface area contributed by atoms with E-state index in [9.17, 15) is 4.79 Å². The topological polar surface area (TPSA) is 111 Å². The van der Waals surface area contributed by atoms with Gasteiger partial charge in [0.25, 0.3) is 0 Å². The molecule has 10 heteroatoms. The van der Waals surface area contributed by atoms with Crippen molar-refractivity contribution >= 4 is 11.7 Å². The molecular weight excluding hydrogens is 468 g/mol. The third kappa shape index (κ3) is 3.54. The van der Waals surface area contributed by atoms with Gasteiger partial charge in [-0.15, -0.1) is 0 Å². The molecule has 5 rings (SSSR count). The molecule has 2 N–H and O–H groups in total. The van der Waals surface area contributed by atoms with Crippen LogP contribution in [0.4, 0.5) is 5.69 Å². The average molecular weight is 501 g/mol. The minimum Gasteiger partial charge on any atom is -0.492 e. The monoisotopic (exact) mass is 500 g/mol. The summed E-state index contributed by atoms with van der Waals surface area (Å²) in [7, 11) is 3.59. The van der Waals surface area contributed by atoms with Crippen LogP contribution in [0.15, 0.2) is 6.07 Å². The van der Waals surface area contributed by atoms with Gasteiger partial charge in [-0.3, -0.25) is 4.90 Å². The van der Waals surface area contributed by atoms with Gasteiger partial charge in [-0.2, -0.15) is 0 Å². The molecule has 2 aromatic carbocycles. The summed E-state index contributed by atoms with van der Waals surface area (Å²) in [5, 5.41) is 0. The van der Waals surface area contributed by atoms with E-state index in [-0.39, 0.29) is 23.8 Å². The number of fused-ring (bicyclic) bond motifs is 3. The molecule has 1 unspecified atom stereocenters. The van der Waals surface area contributed by atoms with Crippen LogP contribution in [0.5, 0.6) is 34.5 Å². The van der Waals surface area contributed by atoms with Gasteiger partial charge in [0.05, 0.1) is 49.8 Å². The molecule has 0 spiro atoms. The number of carbonyl (C=O) groups excluding carboxylic acids is 1. The maximum Gasteiger partial charge on any atom is 0.341 e. The van der Waals surface area contributed by atoms with Crippen molar-refractivity contribution in [3.05, 3.63) is 28.3 Å². The molecule has 2 aromatic rings. The highest BCUT2D eigenvalue weighted by molar-refractivity contribution is 6.03. The van der Waals surface area contributed by atoms with Crippen LogP contribution >= 0.6 is 0 Å². The first-order valence-corrected chi connectivity index (χ1v) is 12.2. The fraction of sp³-hybridized carbons (Fsp3) is 0.500. The molecule has 0 amide bonds. The zero-order valence-corrected chi connectivity index (χ0v) is 21.3. The number of nitrogen functional groups attached to an aromatic ring is 1. The number of hydrogen-bond donors (Lipinski definition) is 1. The van der Waals surface area contributed by atoms with Gasteiger partial charge in [-0.25, -0.2) is 4.79 Å². The number of nitrogens with two attached hydrogens (primary N) is 1. The van der Waals surface area contributed by atoms with E-state index in [2.05, 4.69) is 4.90 Å². The van der Waals surface area contributed by atoms with E-state index in [0.29, 0.717) is 54.1 Å². The summed E-state index contributed by atoms with van der Waals surface area (Å²) in [6, 6.07) is 1.59. The van der Waals surface area contributed by atoms with Crippen LogP contribution in [0, 0.1) is 0 Å². The Kier molecular flexibility index (Phi) is 6.38. The summed E-state index contributed by atoms with van der Waals surface area (Å²) in [5.41, 5.74) is 9.43. The molecule has 3 heterocycles. The average Bonchev–Trinajstić information content (AvgIpc) is 3.46. The van der Waals surface area contributed by atoms with E-state index in [1.807, 2.05) is 33.9 Å². The van der Waals surface area contributed by atoms with Gasteiger partial charge in [-0.1, -0.05) is 0 Å². The van der Waals surface area contributed by atoms with Crippen LogP contribution in [-0.2, 0) is 11.2 Å². The minimum atomic E-state index is -0.732. The third-order valence-corrected chi connectivity index (χ3v) is 6.77. The number of nitrogens with zero attached hydrogens (tertiary/aromatic N) is 1. The van der Waals surface area contributed by atoms with Crippen LogP contribution in [0.1, 0.15) is 60.0 Å². The van der Waals surface area contributed by atoms with Gasteiger partial charge >= 0.3 is 5.97 Å². The molecule has 0 saturated heterocycles. The summed E-state index contributed by atoms with van der Waals surface area (Å²) < 4.78 is 41.2. The van der Waals surface area contributed by atoms with Gasteiger partial charge < -0.3 is 38.9 Å². The maximum atomic E-state index is 13.3. The van der Waals surface area contributed by atoms with E-state index in [4.69, 9.17) is 38.9 Å². The van der Waals surface area contributed by atoms with E-state index < -0.39 is 18.1 Å². The lowest BCUT2D eigenvalue weighted by Crippen LogP contribution is -2.36. The summed E-state index contributed by atoms with van der Waals surface area (Å²) in [6.45, 7) is 7.50. The largest absolute Gasteiger partial charge is 0.492 e. The first-order chi connectivity index (χ1) is 17.5. The molecule has 36 heavy (non-hydrogen) atoms. The van der Waals surface area contributed by atoms with E-state index >= 15 is 0 Å². The Balaban J connectivity index is 1.76. The molecule has 3 aliphatic heterocycles. The van der Waals surface area contributed by atoms with Crippen LogP contribution in [0.25, 0.3) is 0 Å². The zero-order valence-electron chi connectivity index (χ0n) is 21.3. The van der Waals surface area contributed by atoms with Crippen LogP contribution in [0.2, 0.25) is 0 Å². The lowest BCUT2D eigenvalue weighted by molar-refractivity contribution is 0.00816. The van der Waals surface area contributed by atoms with Crippen molar-refractivity contribution in [2.75, 3.05) is 53.0 Å². The first kappa shape index (κ1) is 24.2. The fourth-order valence-electron chi connectivity index (χ4n) is 5.37. The van der Waals surface area contributed by atoms with Gasteiger partial charge in [-0.05, 0) is 45.9 Å². The molecule has 10 nitrogen and oxygen atoms in total. The Morgan fingerprint density at radius 3 is 2.39 bits per heavy atom. The normalized spacial score (nSPS) is 20.0. The molecule has 0 radical (unpaired) electrons. The highest BCUT2D eigenvalue weighted by Gasteiger charge is 2.49. The van der Waals surface area contributed by atoms with E-state index in [1.54, 1.807) is 7.11 Å². The number of esters is 1. The molecular formula is C26H32N2O8. The zero-order chi connectivity index (χ0) is 25.6. The minimum absolute atomic E-state index is 0.124. The third-order valence-electron chi connectivity index (χ3n) is 6.77. The molecule has 3 aliphatic rings. The lowest BCUT2D eigenvalue weighted by Gasteiger charge is -2.38. The van der Waals surface area contributed by atoms with Gasteiger partial charge in [0.1, 0.15) is 0 Å². The number of cyclic esters (lactones) is 1. The van der Waals surface area contributed by atoms with Crippen molar-refractivity contribution in [3.63, 3.8) is 0 Å². The van der Waals surface area contributed by atoms with Crippen molar-refractivity contribution in [3.8, 4) is 34.5 Å². The van der Waals surface area contributed by atoms with Crippen molar-refractivity contribution < 1.29 is 38.0 Å². The summed E-state index contributed by atoms with van der Waals surface area (Å²) in [5.74, 6) is 2.31. The molecule has 0 aliphatic carbocycles. The number of rotatable bonds is 8. The summed E-state index contributed by atoms with van der Waals surface area (Å²) >= 11 is 0. The smallest absolute Gasteiger partial charge is 0.341 e. The Morgan fingerprint density at radius 2 is 1.69 bits per heavy atom. The van der Waals surface area contributed by atoms with Crippen LogP contribution in [-0.4, -0.2) is 58.2 Å². The van der Waals surface area contributed by atoms with Crippen LogP contribution in [0.3, 0.4) is 0 Å². The molecule has 0 saturated carbocycles. The second-order valence-electron chi connectivity index (χ2n) is 8.71. The number of hydrogen-bond acceptors (Lipinski definition) is 10. The highest BCUT2D eigenvalue weighted by atomic mass is 16.7. The predicted octanol–water partition coefficient (Wildman–Crippen LogP) is 3.64. The van der Waals surface area contributed by atoms with Gasteiger partial charge in [0, 0.05) is 12.1 Å². The van der Waals surface area contributed by atoms with Gasteiger partial charge in [0.2, 0.25) is 18.3 Å². The van der Waals surface area contributed by atoms with Crippen molar-refractivity contribution in [1.29, 1.82) is 0 Å². The SMILES string of the molecule is CCOc1c(N)c2c(c(OCC)c1OCC)[C@H](C1c3c(cc4c(c3OC)OCO4)CCN1C)OC2=O. The quantitative estimate of drug-likeness (QED) is 0.426. The van der Waals surface area contributed by atoms with Gasteiger partial charge in [0.15, 0.2) is 29.1 Å². The summed E-state index contributed by atoms with van der Waals surface area (Å²) in [6.07, 6.45) is 0.0427. The predicted molar refractivity (Wildman–Crippen MR) is 131 cm³/mol.